The number of carbonyl (C=O) groups is 2. The van der Waals surface area contributed by atoms with Crippen molar-refractivity contribution in [2.45, 2.75) is 0 Å². The van der Waals surface area contributed by atoms with Gasteiger partial charge < -0.3 is 20.2 Å². The summed E-state index contributed by atoms with van der Waals surface area (Å²) >= 11 is 0. The molecule has 7 heteroatoms. The van der Waals surface area contributed by atoms with Crippen molar-refractivity contribution >= 4 is 17.8 Å². The Hall–Kier alpha value is -2.31. The number of nitrogens with one attached hydrogen (secondary N) is 1. The second-order valence-electron chi connectivity index (χ2n) is 4.19. The Balaban J connectivity index is 1.88. The van der Waals surface area contributed by atoms with Crippen LogP contribution in [0.2, 0.25) is 0 Å². The fraction of sp³-hybridized carbons (Fsp3) is 0.333. The highest BCUT2D eigenvalue weighted by Gasteiger charge is 2.23. The van der Waals surface area contributed by atoms with Gasteiger partial charge in [0.2, 0.25) is 0 Å². The Morgan fingerprint density at radius 2 is 1.58 bits per heavy atom. The van der Waals surface area contributed by atoms with E-state index in [0.717, 1.165) is 0 Å². The maximum Gasteiger partial charge on any atom is 0.407 e. The first-order valence-corrected chi connectivity index (χ1v) is 5.85. The molecule has 6 nitrogen and oxygen atoms in total. The largest absolute Gasteiger partial charge is 0.465 e. The maximum absolute atomic E-state index is 12.7. The normalized spacial score (nSPS) is 15.2. The highest BCUT2D eigenvalue weighted by Crippen LogP contribution is 2.10. The van der Waals surface area contributed by atoms with Crippen LogP contribution in [0.5, 0.6) is 0 Å². The zero-order chi connectivity index (χ0) is 13.8. The maximum atomic E-state index is 12.7. The Morgan fingerprint density at radius 3 is 2.11 bits per heavy atom. The minimum absolute atomic E-state index is 0.298. The van der Waals surface area contributed by atoms with Gasteiger partial charge in [0.05, 0.1) is 0 Å². The fourth-order valence-electron chi connectivity index (χ4n) is 1.84. The number of hydrogen-bond acceptors (Lipinski definition) is 2. The molecule has 1 aliphatic heterocycles. The standard InChI is InChI=1S/C12H14FN3O3/c13-9-1-3-10(4-2-9)14-11(17)15-5-7-16(8-6-15)12(18)19/h1-4H,5-8H2,(H,14,17)(H,18,19). The van der Waals surface area contributed by atoms with E-state index in [4.69, 9.17) is 5.11 Å². The number of benzene rings is 1. The van der Waals surface area contributed by atoms with Gasteiger partial charge in [0.25, 0.3) is 0 Å². The van der Waals surface area contributed by atoms with Gasteiger partial charge in [-0.05, 0) is 24.3 Å². The lowest BCUT2D eigenvalue weighted by molar-refractivity contribution is 0.115. The van der Waals surface area contributed by atoms with Crippen molar-refractivity contribution in [2.24, 2.45) is 0 Å². The number of rotatable bonds is 1. The molecule has 1 aromatic rings. The Labute approximate surface area is 109 Å². The molecule has 0 saturated carbocycles. The quantitative estimate of drug-likeness (QED) is 0.812. The topological polar surface area (TPSA) is 72.9 Å². The molecule has 0 bridgehead atoms. The van der Waals surface area contributed by atoms with Crippen molar-refractivity contribution in [3.8, 4) is 0 Å². The third-order valence-corrected chi connectivity index (χ3v) is 2.93. The van der Waals surface area contributed by atoms with Gasteiger partial charge in [-0.15, -0.1) is 0 Å². The summed E-state index contributed by atoms with van der Waals surface area (Å²) < 4.78 is 12.7. The van der Waals surface area contributed by atoms with Gasteiger partial charge in [0.15, 0.2) is 0 Å². The lowest BCUT2D eigenvalue weighted by atomic mass is 10.3. The van der Waals surface area contributed by atoms with Crippen molar-refractivity contribution in [3.05, 3.63) is 30.1 Å². The SMILES string of the molecule is O=C(O)N1CCN(C(=O)Nc2ccc(F)cc2)CC1. The van der Waals surface area contributed by atoms with Gasteiger partial charge in [0.1, 0.15) is 5.82 Å². The molecule has 1 aliphatic rings. The van der Waals surface area contributed by atoms with Gasteiger partial charge in [-0.2, -0.15) is 0 Å². The fourth-order valence-corrected chi connectivity index (χ4v) is 1.84. The molecular formula is C12H14FN3O3. The summed E-state index contributed by atoms with van der Waals surface area (Å²) in [5.41, 5.74) is 0.507. The average molecular weight is 267 g/mol. The van der Waals surface area contributed by atoms with E-state index in [2.05, 4.69) is 5.32 Å². The number of halogens is 1. The predicted molar refractivity (Wildman–Crippen MR) is 66.6 cm³/mol. The van der Waals surface area contributed by atoms with Crippen molar-refractivity contribution in [2.75, 3.05) is 31.5 Å². The van der Waals surface area contributed by atoms with Gasteiger partial charge in [-0.3, -0.25) is 0 Å². The minimum atomic E-state index is -0.974. The van der Waals surface area contributed by atoms with Crippen molar-refractivity contribution in [1.82, 2.24) is 9.80 Å². The van der Waals surface area contributed by atoms with E-state index in [1.807, 2.05) is 0 Å². The molecule has 1 fully saturated rings. The van der Waals surface area contributed by atoms with Crippen LogP contribution in [0.25, 0.3) is 0 Å². The van der Waals surface area contributed by atoms with Gasteiger partial charge in [0, 0.05) is 31.9 Å². The Bertz CT molecular complexity index is 470. The summed E-state index contributed by atoms with van der Waals surface area (Å²) in [7, 11) is 0. The van der Waals surface area contributed by atoms with Gasteiger partial charge in [-0.25, -0.2) is 14.0 Å². The van der Waals surface area contributed by atoms with E-state index in [1.165, 1.54) is 34.1 Å². The molecule has 102 valence electrons. The zero-order valence-electron chi connectivity index (χ0n) is 10.2. The zero-order valence-corrected chi connectivity index (χ0v) is 10.2. The lowest BCUT2D eigenvalue weighted by Crippen LogP contribution is -2.51. The second kappa shape index (κ2) is 5.55. The molecule has 2 rings (SSSR count). The average Bonchev–Trinajstić information content (AvgIpc) is 2.41. The molecule has 19 heavy (non-hydrogen) atoms. The smallest absolute Gasteiger partial charge is 0.407 e. The Morgan fingerprint density at radius 1 is 1.05 bits per heavy atom. The van der Waals surface area contributed by atoms with E-state index in [9.17, 15) is 14.0 Å². The van der Waals surface area contributed by atoms with Crippen molar-refractivity contribution < 1.29 is 19.1 Å². The third kappa shape index (κ3) is 3.34. The number of urea groups is 1. The van der Waals surface area contributed by atoms with Crippen LogP contribution < -0.4 is 5.32 Å². The monoisotopic (exact) mass is 267 g/mol. The number of nitrogens with zero attached hydrogens (tertiary/aromatic N) is 2. The number of carbonyl (C=O) groups excluding carboxylic acids is 1. The number of piperazine rings is 1. The highest BCUT2D eigenvalue weighted by atomic mass is 19.1. The second-order valence-corrected chi connectivity index (χ2v) is 4.19. The molecule has 1 saturated heterocycles. The van der Waals surface area contributed by atoms with Crippen LogP contribution in [0.4, 0.5) is 19.7 Å². The van der Waals surface area contributed by atoms with Crippen LogP contribution in [-0.2, 0) is 0 Å². The van der Waals surface area contributed by atoms with E-state index in [1.54, 1.807) is 0 Å². The summed E-state index contributed by atoms with van der Waals surface area (Å²) in [6.45, 7) is 1.29. The van der Waals surface area contributed by atoms with Crippen LogP contribution in [0.15, 0.2) is 24.3 Å². The molecule has 3 amide bonds. The van der Waals surface area contributed by atoms with Gasteiger partial charge in [-0.1, -0.05) is 0 Å². The van der Waals surface area contributed by atoms with Crippen LogP contribution in [0.1, 0.15) is 0 Å². The minimum Gasteiger partial charge on any atom is -0.465 e. The predicted octanol–water partition coefficient (Wildman–Crippen LogP) is 1.65. The first-order valence-electron chi connectivity index (χ1n) is 5.85. The summed E-state index contributed by atoms with van der Waals surface area (Å²) in [6.07, 6.45) is -0.974. The number of hydrogen-bond donors (Lipinski definition) is 2. The molecular weight excluding hydrogens is 253 g/mol. The molecule has 2 N–H and O–H groups in total. The van der Waals surface area contributed by atoms with Crippen LogP contribution in [-0.4, -0.2) is 53.2 Å². The van der Waals surface area contributed by atoms with Crippen molar-refractivity contribution in [3.63, 3.8) is 0 Å². The van der Waals surface area contributed by atoms with Crippen LogP contribution >= 0.6 is 0 Å². The van der Waals surface area contributed by atoms with E-state index in [0.29, 0.717) is 31.9 Å². The molecule has 0 spiro atoms. The lowest BCUT2D eigenvalue weighted by Gasteiger charge is -2.33. The summed E-state index contributed by atoms with van der Waals surface area (Å²) in [4.78, 5) is 25.4. The van der Waals surface area contributed by atoms with Gasteiger partial charge >= 0.3 is 12.1 Å². The first-order chi connectivity index (χ1) is 9.06. The summed E-state index contributed by atoms with van der Waals surface area (Å²) in [5, 5.41) is 11.4. The highest BCUT2D eigenvalue weighted by molar-refractivity contribution is 5.89. The summed E-state index contributed by atoms with van der Waals surface area (Å²) in [5.74, 6) is -0.368. The van der Waals surface area contributed by atoms with Crippen LogP contribution in [0.3, 0.4) is 0 Å². The van der Waals surface area contributed by atoms with E-state index in [-0.39, 0.29) is 11.8 Å². The van der Waals surface area contributed by atoms with E-state index < -0.39 is 6.09 Å². The molecule has 0 radical (unpaired) electrons. The molecule has 0 aromatic heterocycles. The first kappa shape index (κ1) is 13.1. The number of amides is 3. The Kier molecular flexibility index (Phi) is 3.84. The molecule has 1 aromatic carbocycles. The van der Waals surface area contributed by atoms with Crippen molar-refractivity contribution in [1.29, 1.82) is 0 Å². The molecule has 0 atom stereocenters. The number of anilines is 1. The molecule has 0 unspecified atom stereocenters. The van der Waals surface area contributed by atoms with Crippen LogP contribution in [0, 0.1) is 5.82 Å². The van der Waals surface area contributed by atoms with E-state index >= 15 is 0 Å². The molecule has 0 aliphatic carbocycles. The summed E-state index contributed by atoms with van der Waals surface area (Å²) in [6, 6.07) is 5.16. The third-order valence-electron chi connectivity index (χ3n) is 2.93. The molecule has 1 heterocycles. The number of carboxylic acid groups (broad SMARTS) is 1.